The van der Waals surface area contributed by atoms with Gasteiger partial charge in [0.1, 0.15) is 17.0 Å². The van der Waals surface area contributed by atoms with Crippen LogP contribution in [0.4, 0.5) is 0 Å². The Labute approximate surface area is 126 Å². The van der Waals surface area contributed by atoms with Crippen LogP contribution in [0.1, 0.15) is 17.0 Å². The first-order valence-electron chi connectivity index (χ1n) is 6.46. The van der Waals surface area contributed by atoms with E-state index in [1.165, 1.54) is 11.1 Å². The topological polar surface area (TPSA) is 26.5 Å². The van der Waals surface area contributed by atoms with Crippen LogP contribution in [0.2, 0.25) is 0 Å². The normalized spacial score (nSPS) is 10.9. The number of hydrogen-bond acceptors (Lipinski definition) is 2. The third kappa shape index (κ3) is 2.43. The molecule has 102 valence electrons. The van der Waals surface area contributed by atoms with E-state index in [-0.39, 0.29) is 0 Å². The van der Waals surface area contributed by atoms with Gasteiger partial charge >= 0.3 is 0 Å². The SMILES string of the molecule is Cc1cccc(OCc2nc(Br)c3c(C)cccn23)c1. The number of aromatic nitrogens is 2. The highest BCUT2D eigenvalue weighted by Crippen LogP contribution is 2.23. The van der Waals surface area contributed by atoms with E-state index in [0.717, 1.165) is 21.7 Å². The zero-order valence-electron chi connectivity index (χ0n) is 11.4. The van der Waals surface area contributed by atoms with Gasteiger partial charge in [-0.25, -0.2) is 4.98 Å². The van der Waals surface area contributed by atoms with E-state index in [4.69, 9.17) is 4.74 Å². The summed E-state index contributed by atoms with van der Waals surface area (Å²) in [5.41, 5.74) is 3.47. The highest BCUT2D eigenvalue weighted by atomic mass is 79.9. The molecule has 3 rings (SSSR count). The van der Waals surface area contributed by atoms with Crippen molar-refractivity contribution in [3.8, 4) is 5.75 Å². The number of ether oxygens (including phenoxy) is 1. The smallest absolute Gasteiger partial charge is 0.152 e. The zero-order chi connectivity index (χ0) is 14.1. The lowest BCUT2D eigenvalue weighted by Crippen LogP contribution is -2.01. The molecule has 0 aliphatic heterocycles. The summed E-state index contributed by atoms with van der Waals surface area (Å²) < 4.78 is 8.75. The van der Waals surface area contributed by atoms with Gasteiger partial charge in [0, 0.05) is 6.20 Å². The second kappa shape index (κ2) is 5.29. The lowest BCUT2D eigenvalue weighted by atomic mass is 10.2. The highest BCUT2D eigenvalue weighted by molar-refractivity contribution is 9.10. The fourth-order valence-corrected chi connectivity index (χ4v) is 2.98. The Balaban J connectivity index is 1.90. The Morgan fingerprint density at radius 1 is 1.20 bits per heavy atom. The van der Waals surface area contributed by atoms with Gasteiger partial charge < -0.3 is 4.74 Å². The van der Waals surface area contributed by atoms with Crippen molar-refractivity contribution >= 4 is 21.4 Å². The standard InChI is InChI=1S/C16H15BrN2O/c1-11-5-3-7-13(9-11)20-10-14-18-16(17)15-12(2)6-4-8-19(14)15/h3-9H,10H2,1-2H3. The van der Waals surface area contributed by atoms with Gasteiger partial charge in [-0.3, -0.25) is 4.40 Å². The number of imidazole rings is 1. The summed E-state index contributed by atoms with van der Waals surface area (Å²) in [7, 11) is 0. The number of benzene rings is 1. The van der Waals surface area contributed by atoms with Crippen LogP contribution >= 0.6 is 15.9 Å². The van der Waals surface area contributed by atoms with E-state index in [2.05, 4.69) is 51.3 Å². The number of halogens is 1. The second-order valence-electron chi connectivity index (χ2n) is 4.83. The van der Waals surface area contributed by atoms with Crippen molar-refractivity contribution in [3.05, 3.63) is 64.1 Å². The van der Waals surface area contributed by atoms with Gasteiger partial charge in [-0.05, 0) is 59.1 Å². The minimum atomic E-state index is 0.444. The van der Waals surface area contributed by atoms with E-state index >= 15 is 0 Å². The van der Waals surface area contributed by atoms with Crippen LogP contribution in [0, 0.1) is 13.8 Å². The maximum absolute atomic E-state index is 5.83. The van der Waals surface area contributed by atoms with Crippen molar-refractivity contribution in [2.45, 2.75) is 20.5 Å². The van der Waals surface area contributed by atoms with Crippen molar-refractivity contribution < 1.29 is 4.74 Å². The first-order valence-corrected chi connectivity index (χ1v) is 7.26. The van der Waals surface area contributed by atoms with E-state index in [9.17, 15) is 0 Å². The summed E-state index contributed by atoms with van der Waals surface area (Å²) >= 11 is 3.52. The molecular formula is C16H15BrN2O. The number of fused-ring (bicyclic) bond motifs is 1. The van der Waals surface area contributed by atoms with Crippen molar-refractivity contribution in [2.75, 3.05) is 0 Å². The van der Waals surface area contributed by atoms with E-state index in [1.54, 1.807) is 0 Å². The molecule has 4 heteroatoms. The first-order chi connectivity index (χ1) is 9.65. The largest absolute Gasteiger partial charge is 0.486 e. The predicted molar refractivity (Wildman–Crippen MR) is 83.1 cm³/mol. The van der Waals surface area contributed by atoms with Crippen LogP contribution in [0.15, 0.2) is 47.2 Å². The van der Waals surface area contributed by atoms with Gasteiger partial charge in [0.15, 0.2) is 5.82 Å². The fourth-order valence-electron chi connectivity index (χ4n) is 2.27. The summed E-state index contributed by atoms with van der Waals surface area (Å²) in [6, 6.07) is 12.1. The number of aryl methyl sites for hydroxylation is 2. The molecule has 0 saturated carbocycles. The molecule has 2 aromatic heterocycles. The number of hydrogen-bond donors (Lipinski definition) is 0. The lowest BCUT2D eigenvalue weighted by Gasteiger charge is -2.06. The minimum absolute atomic E-state index is 0.444. The van der Waals surface area contributed by atoms with Gasteiger partial charge in [0.2, 0.25) is 0 Å². The molecule has 1 aromatic carbocycles. The summed E-state index contributed by atoms with van der Waals surface area (Å²) in [6.45, 7) is 4.57. The monoisotopic (exact) mass is 330 g/mol. The predicted octanol–water partition coefficient (Wildman–Crippen LogP) is 4.29. The quantitative estimate of drug-likeness (QED) is 0.716. The van der Waals surface area contributed by atoms with Crippen molar-refractivity contribution in [1.29, 1.82) is 0 Å². The molecule has 0 spiro atoms. The first kappa shape index (κ1) is 13.2. The summed E-state index contributed by atoms with van der Waals surface area (Å²) in [6.07, 6.45) is 2.01. The van der Waals surface area contributed by atoms with Crippen molar-refractivity contribution in [1.82, 2.24) is 9.38 Å². The Hall–Kier alpha value is -1.81. The third-order valence-electron chi connectivity index (χ3n) is 3.25. The molecule has 20 heavy (non-hydrogen) atoms. The number of rotatable bonds is 3. The summed E-state index contributed by atoms with van der Waals surface area (Å²) in [5, 5.41) is 0. The average molecular weight is 331 g/mol. The molecule has 0 saturated heterocycles. The van der Waals surface area contributed by atoms with Gasteiger partial charge in [-0.15, -0.1) is 0 Å². The number of pyridine rings is 1. The van der Waals surface area contributed by atoms with Gasteiger partial charge in [-0.2, -0.15) is 0 Å². The van der Waals surface area contributed by atoms with Gasteiger partial charge in [-0.1, -0.05) is 18.2 Å². The highest BCUT2D eigenvalue weighted by Gasteiger charge is 2.11. The van der Waals surface area contributed by atoms with Crippen LogP contribution in [-0.4, -0.2) is 9.38 Å². The van der Waals surface area contributed by atoms with Gasteiger partial charge in [0.25, 0.3) is 0 Å². The molecule has 3 aromatic rings. The van der Waals surface area contributed by atoms with Crippen LogP contribution in [0.25, 0.3) is 5.52 Å². The molecule has 0 aliphatic carbocycles. The molecule has 0 N–H and O–H groups in total. The lowest BCUT2D eigenvalue weighted by molar-refractivity contribution is 0.295. The summed E-state index contributed by atoms with van der Waals surface area (Å²) in [5.74, 6) is 1.75. The third-order valence-corrected chi connectivity index (χ3v) is 3.81. The Bertz CT molecular complexity index is 764. The molecule has 0 aliphatic rings. The molecule has 0 amide bonds. The number of nitrogens with zero attached hydrogens (tertiary/aromatic N) is 2. The molecule has 0 fully saturated rings. The molecule has 0 unspecified atom stereocenters. The Morgan fingerprint density at radius 2 is 2.05 bits per heavy atom. The zero-order valence-corrected chi connectivity index (χ0v) is 13.0. The molecule has 0 bridgehead atoms. The van der Waals surface area contributed by atoms with Crippen LogP contribution in [-0.2, 0) is 6.61 Å². The minimum Gasteiger partial charge on any atom is -0.486 e. The maximum atomic E-state index is 5.83. The van der Waals surface area contributed by atoms with Crippen molar-refractivity contribution in [2.24, 2.45) is 0 Å². The molecule has 0 radical (unpaired) electrons. The fraction of sp³-hybridized carbons (Fsp3) is 0.188. The average Bonchev–Trinajstić information content (AvgIpc) is 2.75. The molecular weight excluding hydrogens is 316 g/mol. The Kier molecular flexibility index (Phi) is 3.49. The molecule has 2 heterocycles. The van der Waals surface area contributed by atoms with E-state index < -0.39 is 0 Å². The molecule has 0 atom stereocenters. The van der Waals surface area contributed by atoms with Crippen LogP contribution in [0.3, 0.4) is 0 Å². The van der Waals surface area contributed by atoms with E-state index in [1.807, 2.05) is 30.5 Å². The van der Waals surface area contributed by atoms with E-state index in [0.29, 0.717) is 6.61 Å². The van der Waals surface area contributed by atoms with Gasteiger partial charge in [0.05, 0.1) is 5.52 Å². The van der Waals surface area contributed by atoms with Crippen LogP contribution in [0.5, 0.6) is 5.75 Å². The summed E-state index contributed by atoms with van der Waals surface area (Å²) in [4.78, 5) is 4.54. The second-order valence-corrected chi connectivity index (χ2v) is 5.58. The van der Waals surface area contributed by atoms with Crippen molar-refractivity contribution in [3.63, 3.8) is 0 Å². The Morgan fingerprint density at radius 3 is 2.85 bits per heavy atom. The maximum Gasteiger partial charge on any atom is 0.152 e. The van der Waals surface area contributed by atoms with Crippen LogP contribution < -0.4 is 4.74 Å². The molecule has 3 nitrogen and oxygen atoms in total.